The molecule has 0 aromatic rings. The van der Waals surface area contributed by atoms with Crippen molar-refractivity contribution in [1.29, 1.82) is 0 Å². The molecule has 0 aliphatic rings. The molecule has 4 nitrogen and oxygen atoms in total. The van der Waals surface area contributed by atoms with Gasteiger partial charge >= 0.3 is 11.9 Å². The van der Waals surface area contributed by atoms with Crippen molar-refractivity contribution in [3.05, 3.63) is 0 Å². The van der Waals surface area contributed by atoms with Crippen LogP contribution >= 0.6 is 0 Å². The number of carbonyl (C=O) groups is 2. The van der Waals surface area contributed by atoms with Crippen LogP contribution in [0.3, 0.4) is 0 Å². The first-order chi connectivity index (χ1) is 5.58. The maximum atomic E-state index is 10.6. The second-order valence-electron chi connectivity index (χ2n) is 2.02. The fourth-order valence-electron chi connectivity index (χ4n) is 0.151. The van der Waals surface area contributed by atoms with Crippen LogP contribution in [0.1, 0.15) is 33.1 Å². The normalized spacial score (nSPS) is 7.92. The molecule has 0 fully saturated rings. The highest BCUT2D eigenvalue weighted by atomic mass is 19.3. The molecule has 0 spiro atoms. The molecule has 0 aliphatic carbocycles. The summed E-state index contributed by atoms with van der Waals surface area (Å²) in [6, 6.07) is 0. The predicted molar refractivity (Wildman–Crippen MR) is 40.0 cm³/mol. The number of halogens is 1. The number of carboxylic acid groups (broad SMARTS) is 1. The fourth-order valence-corrected chi connectivity index (χ4v) is 0.151. The minimum absolute atomic E-state index is 0.934. The summed E-state index contributed by atoms with van der Waals surface area (Å²) in [5, 5.41) is 7.75. The van der Waals surface area contributed by atoms with Gasteiger partial charge in [-0.25, -0.2) is 4.79 Å². The van der Waals surface area contributed by atoms with E-state index in [1.165, 1.54) is 12.8 Å². The van der Waals surface area contributed by atoms with Crippen LogP contribution in [0.15, 0.2) is 0 Å². The minimum Gasteiger partial charge on any atom is -0.481 e. The molecule has 0 radical (unpaired) electrons. The highest BCUT2D eigenvalue weighted by molar-refractivity contribution is 5.89. The molecule has 0 atom stereocenters. The van der Waals surface area contributed by atoms with Gasteiger partial charge in [0, 0.05) is 4.53 Å². The van der Waals surface area contributed by atoms with E-state index in [-0.39, 0.29) is 0 Å². The SMILES string of the molecule is CCCC.O=C(O)CC(=O)OF. The monoisotopic (exact) mass is 180 g/mol. The van der Waals surface area contributed by atoms with Crippen molar-refractivity contribution in [3.63, 3.8) is 0 Å². The average molecular weight is 180 g/mol. The van der Waals surface area contributed by atoms with Gasteiger partial charge in [0.25, 0.3) is 0 Å². The molecular weight excluding hydrogens is 167 g/mol. The zero-order chi connectivity index (χ0) is 9.98. The topological polar surface area (TPSA) is 63.6 Å². The smallest absolute Gasteiger partial charge is 0.359 e. The Hall–Kier alpha value is -1.13. The van der Waals surface area contributed by atoms with Crippen molar-refractivity contribution < 1.29 is 24.2 Å². The lowest BCUT2D eigenvalue weighted by molar-refractivity contribution is -0.185. The van der Waals surface area contributed by atoms with Gasteiger partial charge in [0.05, 0.1) is 0 Å². The van der Waals surface area contributed by atoms with Crippen LogP contribution < -0.4 is 0 Å². The van der Waals surface area contributed by atoms with Crippen molar-refractivity contribution in [2.75, 3.05) is 0 Å². The molecule has 0 unspecified atom stereocenters. The lowest BCUT2D eigenvalue weighted by Gasteiger charge is -1.84. The number of carboxylic acids is 1. The lowest BCUT2D eigenvalue weighted by atomic mass is 10.4. The van der Waals surface area contributed by atoms with Crippen LogP contribution in [-0.2, 0) is 14.5 Å². The van der Waals surface area contributed by atoms with Crippen LogP contribution in [0, 0.1) is 0 Å². The second kappa shape index (κ2) is 9.87. The van der Waals surface area contributed by atoms with Crippen molar-refractivity contribution in [3.8, 4) is 0 Å². The third-order valence-electron chi connectivity index (χ3n) is 0.882. The maximum Gasteiger partial charge on any atom is 0.359 e. The second-order valence-corrected chi connectivity index (χ2v) is 2.02. The molecular formula is C7H13FO4. The van der Waals surface area contributed by atoms with E-state index in [1.54, 1.807) is 0 Å². The molecule has 0 amide bonds. The molecule has 0 saturated heterocycles. The number of hydrogen-bond donors (Lipinski definition) is 1. The van der Waals surface area contributed by atoms with Gasteiger partial charge in [0.2, 0.25) is 0 Å². The zero-order valence-corrected chi connectivity index (χ0v) is 7.17. The zero-order valence-electron chi connectivity index (χ0n) is 7.17. The Morgan fingerprint density at radius 2 is 1.75 bits per heavy atom. The third kappa shape index (κ3) is 15.9. The summed E-state index contributed by atoms with van der Waals surface area (Å²) < 4.78 is 10.6. The Labute approximate surface area is 70.2 Å². The van der Waals surface area contributed by atoms with Gasteiger partial charge in [-0.05, 0) is 0 Å². The van der Waals surface area contributed by atoms with Gasteiger partial charge in [-0.15, -0.1) is 0 Å². The summed E-state index contributed by atoms with van der Waals surface area (Å²) in [4.78, 5) is 21.7. The summed E-state index contributed by atoms with van der Waals surface area (Å²) in [5.74, 6) is -2.80. The Morgan fingerprint density at radius 3 is 1.83 bits per heavy atom. The first-order valence-corrected chi connectivity index (χ1v) is 3.61. The molecule has 5 heteroatoms. The van der Waals surface area contributed by atoms with Crippen molar-refractivity contribution >= 4 is 11.9 Å². The molecule has 12 heavy (non-hydrogen) atoms. The van der Waals surface area contributed by atoms with E-state index in [4.69, 9.17) is 5.11 Å². The first-order valence-electron chi connectivity index (χ1n) is 3.61. The Kier molecular flexibility index (Phi) is 11.1. The molecule has 72 valence electrons. The summed E-state index contributed by atoms with van der Waals surface area (Å²) in [6.07, 6.45) is 1.70. The molecule has 1 N–H and O–H groups in total. The van der Waals surface area contributed by atoms with Crippen molar-refractivity contribution in [2.24, 2.45) is 0 Å². The van der Waals surface area contributed by atoms with Gasteiger partial charge in [-0.1, -0.05) is 26.7 Å². The molecule has 0 heterocycles. The number of unbranched alkanes of at least 4 members (excludes halogenated alkanes) is 1. The molecule has 0 saturated carbocycles. The van der Waals surface area contributed by atoms with Crippen LogP contribution in [0.2, 0.25) is 0 Å². The van der Waals surface area contributed by atoms with Crippen molar-refractivity contribution in [2.45, 2.75) is 33.1 Å². The van der Waals surface area contributed by atoms with Gasteiger partial charge in [-0.3, -0.25) is 9.74 Å². The summed E-state index contributed by atoms with van der Waals surface area (Å²) in [5.41, 5.74) is 0. The van der Waals surface area contributed by atoms with E-state index in [1.807, 2.05) is 0 Å². The Balaban J connectivity index is 0. The number of carbonyl (C=O) groups excluding carboxylic acids is 1. The molecule has 0 bridgehead atoms. The third-order valence-corrected chi connectivity index (χ3v) is 0.882. The van der Waals surface area contributed by atoms with Gasteiger partial charge < -0.3 is 5.11 Å². The standard InChI is InChI=1S/C4H10.C3H3FO4/c1-3-4-2;4-8-3(7)1-2(5)6/h3-4H2,1-2H3;1H2,(H,5,6). The van der Waals surface area contributed by atoms with Crippen LogP contribution in [-0.4, -0.2) is 17.0 Å². The lowest BCUT2D eigenvalue weighted by Crippen LogP contribution is -2.05. The van der Waals surface area contributed by atoms with Gasteiger partial charge in [-0.2, -0.15) is 0 Å². The van der Waals surface area contributed by atoms with E-state index in [0.29, 0.717) is 0 Å². The van der Waals surface area contributed by atoms with Crippen LogP contribution in [0.25, 0.3) is 0 Å². The Morgan fingerprint density at radius 1 is 1.33 bits per heavy atom. The summed E-state index contributed by atoms with van der Waals surface area (Å²) in [7, 11) is 0. The van der Waals surface area contributed by atoms with E-state index in [2.05, 4.69) is 18.8 Å². The number of aliphatic carboxylic acids is 1. The quantitative estimate of drug-likeness (QED) is 0.671. The highest BCUT2D eigenvalue weighted by Gasteiger charge is 2.07. The summed E-state index contributed by atoms with van der Waals surface area (Å²) in [6.45, 7) is 4.36. The molecule has 0 aromatic heterocycles. The average Bonchev–Trinajstić information content (AvgIpc) is 2.04. The van der Waals surface area contributed by atoms with Crippen LogP contribution in [0.5, 0.6) is 0 Å². The molecule has 0 rings (SSSR count). The molecule has 0 aliphatic heterocycles. The largest absolute Gasteiger partial charge is 0.481 e. The first kappa shape index (κ1) is 13.5. The van der Waals surface area contributed by atoms with E-state index < -0.39 is 18.4 Å². The minimum atomic E-state index is -1.41. The van der Waals surface area contributed by atoms with E-state index in [9.17, 15) is 14.1 Å². The number of rotatable bonds is 3. The fraction of sp³-hybridized carbons (Fsp3) is 0.714. The molecule has 0 aromatic carbocycles. The van der Waals surface area contributed by atoms with E-state index in [0.717, 1.165) is 0 Å². The van der Waals surface area contributed by atoms with Crippen LogP contribution in [0.4, 0.5) is 4.53 Å². The van der Waals surface area contributed by atoms with Crippen molar-refractivity contribution in [1.82, 2.24) is 0 Å². The predicted octanol–water partition coefficient (Wildman–Crippen LogP) is 1.70. The van der Waals surface area contributed by atoms with Gasteiger partial charge in [0.15, 0.2) is 0 Å². The number of hydrogen-bond acceptors (Lipinski definition) is 3. The van der Waals surface area contributed by atoms with E-state index >= 15 is 0 Å². The Bertz CT molecular complexity index is 133. The highest BCUT2D eigenvalue weighted by Crippen LogP contribution is 1.84. The maximum absolute atomic E-state index is 10.6. The van der Waals surface area contributed by atoms with Gasteiger partial charge in [0.1, 0.15) is 6.42 Å². The summed E-state index contributed by atoms with van der Waals surface area (Å²) >= 11 is 0.